The topological polar surface area (TPSA) is 112 Å². The number of ether oxygens (including phenoxy) is 1. The maximum atomic E-state index is 14.7. The van der Waals surface area contributed by atoms with E-state index in [1.54, 1.807) is 6.07 Å². The van der Waals surface area contributed by atoms with Crippen LogP contribution >= 0.6 is 0 Å². The molecule has 3 amide bonds. The number of ketones is 1. The summed E-state index contributed by atoms with van der Waals surface area (Å²) in [6.45, 7) is 3.28. The van der Waals surface area contributed by atoms with Gasteiger partial charge < -0.3 is 15.0 Å². The van der Waals surface area contributed by atoms with Gasteiger partial charge in [0.2, 0.25) is 11.7 Å². The standard InChI is InChI=1S/C18H20FN5O5/c1-11(25)17(27)24-6-5-22(10-21-24)16-4-3-13(7-15(16)19)23-9-14(29-18(23)28)8-20-12(2)26/h3-4,7,10,14H,5-6,8-9H2,1-2H3,(H,20,26). The molecule has 2 aliphatic heterocycles. The number of amides is 3. The van der Waals surface area contributed by atoms with Gasteiger partial charge in [-0.05, 0) is 18.2 Å². The highest BCUT2D eigenvalue weighted by atomic mass is 19.1. The molecule has 1 unspecified atom stereocenters. The van der Waals surface area contributed by atoms with E-state index >= 15 is 0 Å². The molecule has 2 aliphatic rings. The van der Waals surface area contributed by atoms with Crippen LogP contribution in [0.3, 0.4) is 0 Å². The summed E-state index contributed by atoms with van der Waals surface area (Å²) >= 11 is 0. The number of carbonyl (C=O) groups is 4. The van der Waals surface area contributed by atoms with Crippen molar-refractivity contribution in [3.63, 3.8) is 0 Å². The number of hydrogen-bond donors (Lipinski definition) is 1. The third-order valence-electron chi connectivity index (χ3n) is 4.42. The lowest BCUT2D eigenvalue weighted by molar-refractivity contribution is -0.143. The first-order chi connectivity index (χ1) is 13.8. The number of anilines is 2. The van der Waals surface area contributed by atoms with Crippen molar-refractivity contribution in [2.24, 2.45) is 5.10 Å². The average Bonchev–Trinajstić information content (AvgIpc) is 3.06. The number of cyclic esters (lactones) is 1. The molecule has 1 atom stereocenters. The molecule has 1 fully saturated rings. The zero-order chi connectivity index (χ0) is 21.1. The molecule has 1 aromatic carbocycles. The second-order valence-corrected chi connectivity index (χ2v) is 6.60. The first-order valence-corrected chi connectivity index (χ1v) is 8.91. The Bertz CT molecular complexity index is 889. The third-order valence-corrected chi connectivity index (χ3v) is 4.42. The first-order valence-electron chi connectivity index (χ1n) is 8.91. The summed E-state index contributed by atoms with van der Waals surface area (Å²) in [6, 6.07) is 4.27. The molecule has 0 radical (unpaired) electrons. The fraction of sp³-hybridized carbons (Fsp3) is 0.389. The Morgan fingerprint density at radius 1 is 1.28 bits per heavy atom. The lowest BCUT2D eigenvalue weighted by atomic mass is 10.2. The van der Waals surface area contributed by atoms with Crippen LogP contribution in [0.25, 0.3) is 0 Å². The van der Waals surface area contributed by atoms with Gasteiger partial charge in [0, 0.05) is 20.4 Å². The molecular formula is C18H20FN5O5. The molecule has 0 aromatic heterocycles. The van der Waals surface area contributed by atoms with Crippen LogP contribution in [0.5, 0.6) is 0 Å². The van der Waals surface area contributed by atoms with E-state index in [-0.39, 0.29) is 37.8 Å². The monoisotopic (exact) mass is 405 g/mol. The van der Waals surface area contributed by atoms with Crippen LogP contribution in [0.1, 0.15) is 13.8 Å². The van der Waals surface area contributed by atoms with Crippen molar-refractivity contribution in [3.05, 3.63) is 24.0 Å². The zero-order valence-electron chi connectivity index (χ0n) is 15.9. The summed E-state index contributed by atoms with van der Waals surface area (Å²) in [6.07, 6.45) is 0.134. The van der Waals surface area contributed by atoms with Gasteiger partial charge in [0.15, 0.2) is 0 Å². The molecule has 0 saturated carbocycles. The number of nitrogens with zero attached hydrogens (tertiary/aromatic N) is 4. The van der Waals surface area contributed by atoms with E-state index in [1.165, 1.54) is 35.2 Å². The first kappa shape index (κ1) is 20.2. The number of Topliss-reactive ketones (excluding diaryl/α,β-unsaturated/α-hetero) is 1. The van der Waals surface area contributed by atoms with Gasteiger partial charge >= 0.3 is 12.0 Å². The van der Waals surface area contributed by atoms with Gasteiger partial charge in [-0.3, -0.25) is 19.3 Å². The SMILES string of the molecule is CC(=O)NCC1CN(c2ccc(N3C=NN(C(=O)C(C)=O)CC3)c(F)c2)C(=O)O1. The summed E-state index contributed by atoms with van der Waals surface area (Å²) < 4.78 is 19.8. The normalized spacial score (nSPS) is 18.7. The van der Waals surface area contributed by atoms with Crippen molar-refractivity contribution >= 4 is 41.4 Å². The zero-order valence-corrected chi connectivity index (χ0v) is 15.9. The fourth-order valence-electron chi connectivity index (χ4n) is 2.95. The van der Waals surface area contributed by atoms with E-state index in [0.29, 0.717) is 5.69 Å². The van der Waals surface area contributed by atoms with E-state index in [2.05, 4.69) is 10.4 Å². The number of nitrogens with one attached hydrogen (secondary N) is 1. The molecule has 1 aromatic rings. The lowest BCUT2D eigenvalue weighted by Gasteiger charge is -2.28. The molecule has 3 rings (SSSR count). The minimum atomic E-state index is -0.724. The predicted molar refractivity (Wildman–Crippen MR) is 101 cm³/mol. The van der Waals surface area contributed by atoms with Gasteiger partial charge in [-0.25, -0.2) is 14.2 Å². The number of hydrazone groups is 1. The largest absolute Gasteiger partial charge is 0.442 e. The molecule has 1 saturated heterocycles. The Balaban J connectivity index is 1.69. The maximum Gasteiger partial charge on any atom is 0.414 e. The van der Waals surface area contributed by atoms with Crippen LogP contribution in [0.15, 0.2) is 23.3 Å². The number of carbonyl (C=O) groups excluding carboxylic acids is 4. The number of halogens is 1. The molecule has 0 bridgehead atoms. The minimum absolute atomic E-state index is 0.138. The predicted octanol–water partition coefficient (Wildman–Crippen LogP) is 0.468. The van der Waals surface area contributed by atoms with Gasteiger partial charge in [-0.1, -0.05) is 0 Å². The Hall–Kier alpha value is -3.50. The van der Waals surface area contributed by atoms with Crippen LogP contribution in [0.4, 0.5) is 20.6 Å². The second kappa shape index (κ2) is 8.25. The van der Waals surface area contributed by atoms with Crippen molar-refractivity contribution in [2.75, 3.05) is 36.0 Å². The summed E-state index contributed by atoms with van der Waals surface area (Å²) in [4.78, 5) is 48.6. The highest BCUT2D eigenvalue weighted by Gasteiger charge is 2.33. The molecule has 2 heterocycles. The van der Waals surface area contributed by atoms with Gasteiger partial charge in [0.1, 0.15) is 18.3 Å². The Kier molecular flexibility index (Phi) is 5.76. The molecule has 10 nitrogen and oxygen atoms in total. The lowest BCUT2D eigenvalue weighted by Crippen LogP contribution is -2.43. The Labute approximate surface area is 165 Å². The molecule has 0 spiro atoms. The number of hydrogen-bond acceptors (Lipinski definition) is 7. The van der Waals surface area contributed by atoms with Crippen molar-refractivity contribution in [3.8, 4) is 0 Å². The molecule has 0 aliphatic carbocycles. The quantitative estimate of drug-likeness (QED) is 0.713. The molecule has 154 valence electrons. The summed E-state index contributed by atoms with van der Waals surface area (Å²) in [5.74, 6) is -2.17. The van der Waals surface area contributed by atoms with Crippen LogP contribution in [-0.2, 0) is 19.1 Å². The van der Waals surface area contributed by atoms with E-state index in [4.69, 9.17) is 4.74 Å². The summed E-state index contributed by atoms with van der Waals surface area (Å²) in [7, 11) is 0. The molecule has 1 N–H and O–H groups in total. The Morgan fingerprint density at radius 2 is 2.03 bits per heavy atom. The second-order valence-electron chi connectivity index (χ2n) is 6.60. The highest BCUT2D eigenvalue weighted by molar-refractivity contribution is 6.35. The van der Waals surface area contributed by atoms with Gasteiger partial charge in [0.25, 0.3) is 0 Å². The van der Waals surface area contributed by atoms with Crippen molar-refractivity contribution in [2.45, 2.75) is 20.0 Å². The number of benzene rings is 1. The van der Waals surface area contributed by atoms with Crippen molar-refractivity contribution < 1.29 is 28.3 Å². The summed E-state index contributed by atoms with van der Waals surface area (Å²) in [5, 5.41) is 7.49. The third kappa shape index (κ3) is 4.50. The highest BCUT2D eigenvalue weighted by Crippen LogP contribution is 2.28. The fourth-order valence-corrected chi connectivity index (χ4v) is 2.95. The Morgan fingerprint density at radius 3 is 2.62 bits per heavy atom. The van der Waals surface area contributed by atoms with E-state index in [1.807, 2.05) is 0 Å². The van der Waals surface area contributed by atoms with E-state index in [0.717, 1.165) is 11.9 Å². The minimum Gasteiger partial charge on any atom is -0.442 e. The van der Waals surface area contributed by atoms with E-state index < -0.39 is 29.7 Å². The van der Waals surface area contributed by atoms with Crippen LogP contribution in [0, 0.1) is 5.82 Å². The van der Waals surface area contributed by atoms with E-state index in [9.17, 15) is 23.6 Å². The van der Waals surface area contributed by atoms with Gasteiger partial charge in [0.05, 0.1) is 31.0 Å². The van der Waals surface area contributed by atoms with Crippen molar-refractivity contribution in [1.82, 2.24) is 10.3 Å². The molecular weight excluding hydrogens is 385 g/mol. The number of rotatable bonds is 5. The maximum absolute atomic E-state index is 14.7. The van der Waals surface area contributed by atoms with Crippen LogP contribution in [-0.4, -0.2) is 67.3 Å². The molecule has 11 heteroatoms. The smallest absolute Gasteiger partial charge is 0.414 e. The van der Waals surface area contributed by atoms with Gasteiger partial charge in [-0.15, -0.1) is 0 Å². The van der Waals surface area contributed by atoms with Crippen LogP contribution < -0.4 is 15.1 Å². The van der Waals surface area contributed by atoms with Gasteiger partial charge in [-0.2, -0.15) is 5.10 Å². The van der Waals surface area contributed by atoms with Crippen LogP contribution in [0.2, 0.25) is 0 Å². The van der Waals surface area contributed by atoms with Crippen molar-refractivity contribution in [1.29, 1.82) is 0 Å². The summed E-state index contributed by atoms with van der Waals surface area (Å²) in [5.41, 5.74) is 0.540. The molecule has 29 heavy (non-hydrogen) atoms. The average molecular weight is 405 g/mol.